The van der Waals surface area contributed by atoms with Crippen LogP contribution in [-0.2, 0) is 65.4 Å². The fraction of sp³-hybridized carbons (Fsp3) is 0.944. The van der Waals surface area contributed by atoms with E-state index in [0.29, 0.717) is 31.6 Å². The van der Waals surface area contributed by atoms with Crippen molar-refractivity contribution in [3.63, 3.8) is 0 Å². The number of carbonyl (C=O) groups is 4. The highest BCUT2D eigenvalue weighted by molar-refractivity contribution is 7.47. The van der Waals surface area contributed by atoms with Crippen molar-refractivity contribution in [2.45, 2.75) is 387 Å². The van der Waals surface area contributed by atoms with Crippen molar-refractivity contribution in [1.29, 1.82) is 0 Å². The molecule has 540 valence electrons. The summed E-state index contributed by atoms with van der Waals surface area (Å²) in [5, 5.41) is 10.6. The minimum absolute atomic E-state index is 0.103. The lowest BCUT2D eigenvalue weighted by Crippen LogP contribution is -2.30. The van der Waals surface area contributed by atoms with Crippen LogP contribution in [-0.4, -0.2) is 96.7 Å². The molecule has 0 saturated heterocycles. The Morgan fingerprint density at radius 1 is 0.297 bits per heavy atom. The van der Waals surface area contributed by atoms with Crippen molar-refractivity contribution in [3.05, 3.63) is 0 Å². The molecule has 5 atom stereocenters. The van der Waals surface area contributed by atoms with E-state index in [9.17, 15) is 43.2 Å². The standard InChI is InChI=1S/C72H140O17P2/c1-7-9-11-13-14-15-16-17-18-19-23-26-29-32-37-43-49-55-70(75)83-61-68(89-71(76)56-50-44-38-33-30-27-24-21-20-22-25-28-31-35-41-46-52-64(3)4)63-87-91(80,81)85-59-66(73)58-84-90(78,79)86-62-67(60-82-69(74)54-48-40-12-10-8-2)88-72(77)57-51-45-39-34-36-42-47-53-65(5)6/h64-68,73H,7-63H2,1-6H3,(H,78,79)(H,80,81)/t66-,67+,68+/m0/s1. The first-order valence-electron chi connectivity index (χ1n) is 37.5. The Bertz CT molecular complexity index is 1770. The van der Waals surface area contributed by atoms with Crippen molar-refractivity contribution < 1.29 is 80.2 Å². The van der Waals surface area contributed by atoms with E-state index >= 15 is 0 Å². The van der Waals surface area contributed by atoms with Crippen LogP contribution in [0.2, 0.25) is 0 Å². The first-order valence-corrected chi connectivity index (χ1v) is 40.5. The summed E-state index contributed by atoms with van der Waals surface area (Å²) in [6.07, 6.45) is 50.6. The summed E-state index contributed by atoms with van der Waals surface area (Å²) in [6, 6.07) is 0. The topological polar surface area (TPSA) is 237 Å². The van der Waals surface area contributed by atoms with E-state index in [1.165, 1.54) is 180 Å². The van der Waals surface area contributed by atoms with Gasteiger partial charge in [0.05, 0.1) is 26.4 Å². The van der Waals surface area contributed by atoms with Crippen molar-refractivity contribution in [2.75, 3.05) is 39.6 Å². The maximum atomic E-state index is 13.0. The minimum atomic E-state index is -4.95. The molecule has 0 aliphatic carbocycles. The largest absolute Gasteiger partial charge is 0.472 e. The molecule has 0 aliphatic heterocycles. The molecule has 19 heteroatoms. The molecule has 0 aromatic rings. The highest BCUT2D eigenvalue weighted by Gasteiger charge is 2.30. The van der Waals surface area contributed by atoms with E-state index in [-0.39, 0.29) is 25.7 Å². The van der Waals surface area contributed by atoms with Crippen molar-refractivity contribution in [2.24, 2.45) is 11.8 Å². The van der Waals surface area contributed by atoms with E-state index in [1.54, 1.807) is 0 Å². The first kappa shape index (κ1) is 89.1. The fourth-order valence-corrected chi connectivity index (χ4v) is 12.5. The van der Waals surface area contributed by atoms with Crippen LogP contribution in [0.25, 0.3) is 0 Å². The Balaban J connectivity index is 5.13. The smallest absolute Gasteiger partial charge is 0.462 e. The summed E-state index contributed by atoms with van der Waals surface area (Å²) in [4.78, 5) is 72.3. The summed E-state index contributed by atoms with van der Waals surface area (Å²) in [6.45, 7) is 9.44. The molecular formula is C72H140O17P2. The number of esters is 4. The first-order chi connectivity index (χ1) is 43.9. The van der Waals surface area contributed by atoms with Crippen molar-refractivity contribution in [1.82, 2.24) is 0 Å². The fourth-order valence-electron chi connectivity index (χ4n) is 10.9. The molecule has 0 spiro atoms. The highest BCUT2D eigenvalue weighted by Crippen LogP contribution is 2.45. The van der Waals surface area contributed by atoms with Gasteiger partial charge in [0.25, 0.3) is 0 Å². The normalized spacial score (nSPS) is 14.1. The average Bonchev–Trinajstić information content (AvgIpc) is 2.69. The van der Waals surface area contributed by atoms with Crippen molar-refractivity contribution in [3.8, 4) is 0 Å². The highest BCUT2D eigenvalue weighted by atomic mass is 31.2. The van der Waals surface area contributed by atoms with Gasteiger partial charge in [-0.1, -0.05) is 318 Å². The summed E-state index contributed by atoms with van der Waals surface area (Å²) >= 11 is 0. The Morgan fingerprint density at radius 3 is 0.747 bits per heavy atom. The Hall–Kier alpha value is -1.94. The molecule has 0 radical (unpaired) electrons. The molecular weight excluding hydrogens is 1200 g/mol. The lowest BCUT2D eigenvalue weighted by molar-refractivity contribution is -0.161. The van der Waals surface area contributed by atoms with Crippen LogP contribution in [0, 0.1) is 11.8 Å². The Morgan fingerprint density at radius 2 is 0.505 bits per heavy atom. The average molecular weight is 1340 g/mol. The van der Waals surface area contributed by atoms with Crippen LogP contribution < -0.4 is 0 Å². The third-order valence-electron chi connectivity index (χ3n) is 16.7. The zero-order valence-corrected chi connectivity index (χ0v) is 60.9. The minimum Gasteiger partial charge on any atom is -0.462 e. The van der Waals surface area contributed by atoms with Crippen LogP contribution in [0.4, 0.5) is 0 Å². The number of aliphatic hydroxyl groups excluding tert-OH is 1. The van der Waals surface area contributed by atoms with Crippen LogP contribution in [0.1, 0.15) is 369 Å². The molecule has 2 unspecified atom stereocenters. The Kier molecular flexibility index (Phi) is 62.7. The molecule has 0 heterocycles. The summed E-state index contributed by atoms with van der Waals surface area (Å²) in [5.41, 5.74) is 0. The third kappa shape index (κ3) is 66.5. The number of phosphoric acid groups is 2. The quantitative estimate of drug-likeness (QED) is 0.0222. The predicted octanol–water partition coefficient (Wildman–Crippen LogP) is 20.8. The van der Waals surface area contributed by atoms with Crippen LogP contribution in [0.3, 0.4) is 0 Å². The van der Waals surface area contributed by atoms with E-state index in [0.717, 1.165) is 102 Å². The summed E-state index contributed by atoms with van der Waals surface area (Å²) in [7, 11) is -9.89. The molecule has 0 aliphatic rings. The molecule has 0 rings (SSSR count). The lowest BCUT2D eigenvalue weighted by Gasteiger charge is -2.21. The lowest BCUT2D eigenvalue weighted by atomic mass is 10.0. The van der Waals surface area contributed by atoms with Crippen molar-refractivity contribution >= 4 is 39.5 Å². The van der Waals surface area contributed by atoms with Gasteiger partial charge in [-0.05, 0) is 37.5 Å². The monoisotopic (exact) mass is 1340 g/mol. The van der Waals surface area contributed by atoms with E-state index in [2.05, 4.69) is 41.5 Å². The Labute approximate surface area is 556 Å². The van der Waals surface area contributed by atoms with E-state index in [4.69, 9.17) is 37.0 Å². The van der Waals surface area contributed by atoms with Crippen LogP contribution in [0.15, 0.2) is 0 Å². The predicted molar refractivity (Wildman–Crippen MR) is 368 cm³/mol. The number of ether oxygens (including phenoxy) is 4. The number of unbranched alkanes of at least 4 members (excludes halogenated alkanes) is 41. The summed E-state index contributed by atoms with van der Waals surface area (Å²) < 4.78 is 68.1. The van der Waals surface area contributed by atoms with Gasteiger partial charge < -0.3 is 33.8 Å². The number of hydrogen-bond acceptors (Lipinski definition) is 15. The number of aliphatic hydroxyl groups is 1. The van der Waals surface area contributed by atoms with E-state index < -0.39 is 97.5 Å². The van der Waals surface area contributed by atoms with Gasteiger partial charge in [-0.15, -0.1) is 0 Å². The van der Waals surface area contributed by atoms with Gasteiger partial charge in [0, 0.05) is 25.7 Å². The van der Waals surface area contributed by atoms with Crippen LogP contribution >= 0.6 is 15.6 Å². The second-order valence-electron chi connectivity index (χ2n) is 26.9. The molecule has 0 aromatic heterocycles. The second-order valence-corrected chi connectivity index (χ2v) is 29.8. The van der Waals surface area contributed by atoms with Gasteiger partial charge in [0.1, 0.15) is 19.3 Å². The van der Waals surface area contributed by atoms with Gasteiger partial charge in [-0.2, -0.15) is 0 Å². The molecule has 3 N–H and O–H groups in total. The second kappa shape index (κ2) is 64.1. The van der Waals surface area contributed by atoms with Gasteiger partial charge in [0.15, 0.2) is 12.2 Å². The maximum Gasteiger partial charge on any atom is 0.472 e. The third-order valence-corrected chi connectivity index (χ3v) is 18.6. The number of hydrogen-bond donors (Lipinski definition) is 3. The number of rotatable bonds is 71. The zero-order chi connectivity index (χ0) is 67.2. The molecule has 17 nitrogen and oxygen atoms in total. The molecule has 0 aromatic carbocycles. The number of carbonyl (C=O) groups excluding carboxylic acids is 4. The molecule has 0 bridgehead atoms. The number of phosphoric ester groups is 2. The van der Waals surface area contributed by atoms with E-state index in [1.807, 2.05) is 0 Å². The maximum absolute atomic E-state index is 13.0. The van der Waals surface area contributed by atoms with Crippen LogP contribution in [0.5, 0.6) is 0 Å². The molecule has 0 fully saturated rings. The zero-order valence-electron chi connectivity index (χ0n) is 59.1. The molecule has 0 amide bonds. The van der Waals surface area contributed by atoms with Gasteiger partial charge in [-0.3, -0.25) is 37.3 Å². The summed E-state index contributed by atoms with van der Waals surface area (Å²) in [5.74, 6) is -0.629. The SMILES string of the molecule is CCCCCCCCCCCCCCCCCCCC(=O)OC[C@H](COP(=O)(O)OC[C@@H](O)COP(=O)(O)OC[C@@H](COC(=O)CCCCCCC)OC(=O)CCCCCCCCCC(C)C)OC(=O)CCCCCCCCCCCCCCCCCCC(C)C. The molecule has 91 heavy (non-hydrogen) atoms. The van der Waals surface area contributed by atoms with Gasteiger partial charge in [0.2, 0.25) is 0 Å². The molecule has 0 saturated carbocycles. The van der Waals surface area contributed by atoms with Gasteiger partial charge in [-0.25, -0.2) is 9.13 Å². The van der Waals surface area contributed by atoms with Gasteiger partial charge >= 0.3 is 39.5 Å².